The van der Waals surface area contributed by atoms with E-state index in [1.54, 1.807) is 7.05 Å². The second-order valence-electron chi connectivity index (χ2n) is 4.89. The summed E-state index contributed by atoms with van der Waals surface area (Å²) in [6, 6.07) is -0.398. The number of carbonyl (C=O) groups is 1. The van der Waals surface area contributed by atoms with E-state index < -0.39 is 12.1 Å². The van der Waals surface area contributed by atoms with Crippen molar-refractivity contribution in [3.05, 3.63) is 12.7 Å². The zero-order valence-corrected chi connectivity index (χ0v) is 12.1. The van der Waals surface area contributed by atoms with Gasteiger partial charge in [0.15, 0.2) is 0 Å². The van der Waals surface area contributed by atoms with Gasteiger partial charge in [-0.1, -0.05) is 26.8 Å². The zero-order chi connectivity index (χ0) is 14.6. The van der Waals surface area contributed by atoms with Crippen molar-refractivity contribution < 1.29 is 15.0 Å². The van der Waals surface area contributed by atoms with Crippen molar-refractivity contribution >= 4 is 6.29 Å². The first-order valence-corrected chi connectivity index (χ1v) is 6.45. The van der Waals surface area contributed by atoms with Gasteiger partial charge in [0.1, 0.15) is 6.29 Å². The molecule has 3 atom stereocenters. The number of hydrogen-bond acceptors (Lipinski definition) is 4. The molecular formula is C14H29NO3. The van der Waals surface area contributed by atoms with E-state index in [-0.39, 0.29) is 13.0 Å². The Labute approximate surface area is 111 Å². The fourth-order valence-corrected chi connectivity index (χ4v) is 1.51. The first kappa shape index (κ1) is 19.6. The van der Waals surface area contributed by atoms with E-state index in [4.69, 9.17) is 10.2 Å². The van der Waals surface area contributed by atoms with Gasteiger partial charge >= 0.3 is 0 Å². The van der Waals surface area contributed by atoms with Crippen LogP contribution in [0.2, 0.25) is 0 Å². The first-order chi connectivity index (χ1) is 8.42. The Balaban J connectivity index is 0. The molecule has 0 rings (SSSR count). The molecule has 0 bridgehead atoms. The van der Waals surface area contributed by atoms with E-state index in [0.717, 1.165) is 5.92 Å². The third kappa shape index (κ3) is 11.8. The van der Waals surface area contributed by atoms with Crippen LogP contribution in [-0.4, -0.2) is 42.3 Å². The predicted molar refractivity (Wildman–Crippen MR) is 75.4 cm³/mol. The van der Waals surface area contributed by atoms with Crippen LogP contribution in [0.3, 0.4) is 0 Å². The van der Waals surface area contributed by atoms with Crippen LogP contribution in [0.15, 0.2) is 12.7 Å². The molecule has 0 radical (unpaired) electrons. The van der Waals surface area contributed by atoms with Crippen LogP contribution in [0.4, 0.5) is 0 Å². The molecule has 0 saturated carbocycles. The number of aliphatic hydroxyl groups excluding tert-OH is 2. The second kappa shape index (κ2) is 12.7. The predicted octanol–water partition coefficient (Wildman–Crippen LogP) is 1.37. The highest BCUT2D eigenvalue weighted by molar-refractivity contribution is 5.50. The Kier molecular flexibility index (Phi) is 13.9. The van der Waals surface area contributed by atoms with Gasteiger partial charge in [-0.3, -0.25) is 0 Å². The van der Waals surface area contributed by atoms with Gasteiger partial charge in [0, 0.05) is 6.42 Å². The van der Waals surface area contributed by atoms with Crippen molar-refractivity contribution in [3.8, 4) is 0 Å². The van der Waals surface area contributed by atoms with Crippen molar-refractivity contribution in [3.63, 3.8) is 0 Å². The summed E-state index contributed by atoms with van der Waals surface area (Å²) in [6.45, 7) is 10.2. The molecule has 4 nitrogen and oxygen atoms in total. The van der Waals surface area contributed by atoms with Gasteiger partial charge in [-0.15, -0.1) is 6.58 Å². The van der Waals surface area contributed by atoms with Crippen LogP contribution in [0.1, 0.15) is 33.6 Å². The first-order valence-electron chi connectivity index (χ1n) is 6.45. The van der Waals surface area contributed by atoms with Crippen LogP contribution in [0.25, 0.3) is 0 Å². The molecule has 3 N–H and O–H groups in total. The van der Waals surface area contributed by atoms with Crippen LogP contribution >= 0.6 is 0 Å². The van der Waals surface area contributed by atoms with E-state index in [9.17, 15) is 4.79 Å². The van der Waals surface area contributed by atoms with Gasteiger partial charge in [-0.2, -0.15) is 0 Å². The molecule has 0 spiro atoms. The SMILES string of the molecule is C=CC(C)CC(C)C.CNC(CO)C(O)CC=O. The third-order valence-corrected chi connectivity index (χ3v) is 2.62. The average molecular weight is 259 g/mol. The maximum absolute atomic E-state index is 9.88. The summed E-state index contributed by atoms with van der Waals surface area (Å²) in [5, 5.41) is 20.3. The molecule has 3 unspecified atom stereocenters. The summed E-state index contributed by atoms with van der Waals surface area (Å²) in [4.78, 5) is 9.88. The number of hydrogen-bond donors (Lipinski definition) is 3. The molecule has 18 heavy (non-hydrogen) atoms. The van der Waals surface area contributed by atoms with Crippen molar-refractivity contribution in [2.75, 3.05) is 13.7 Å². The fraction of sp³-hybridized carbons (Fsp3) is 0.786. The molecule has 0 aromatic carbocycles. The molecule has 0 aliphatic rings. The molecular weight excluding hydrogens is 230 g/mol. The maximum atomic E-state index is 9.88. The molecule has 0 aliphatic heterocycles. The summed E-state index contributed by atoms with van der Waals surface area (Å²) in [5.41, 5.74) is 0. The summed E-state index contributed by atoms with van der Waals surface area (Å²) in [7, 11) is 1.62. The highest BCUT2D eigenvalue weighted by Crippen LogP contribution is 2.10. The number of likely N-dealkylation sites (N-methyl/N-ethyl adjacent to an activating group) is 1. The van der Waals surface area contributed by atoms with Crippen molar-refractivity contribution in [2.45, 2.75) is 45.8 Å². The number of aldehydes is 1. The number of allylic oxidation sites excluding steroid dienone is 1. The Bertz CT molecular complexity index is 203. The van der Waals surface area contributed by atoms with Gasteiger partial charge in [0.2, 0.25) is 0 Å². The molecule has 108 valence electrons. The quantitative estimate of drug-likeness (QED) is 0.455. The maximum Gasteiger partial charge on any atom is 0.122 e. The Hall–Kier alpha value is -0.710. The monoisotopic (exact) mass is 259 g/mol. The van der Waals surface area contributed by atoms with Crippen molar-refractivity contribution in [2.24, 2.45) is 11.8 Å². The minimum atomic E-state index is -0.785. The molecule has 0 aliphatic carbocycles. The van der Waals surface area contributed by atoms with Crippen LogP contribution in [-0.2, 0) is 4.79 Å². The normalized spacial score (nSPS) is 15.3. The molecule has 0 aromatic heterocycles. The molecule has 0 fully saturated rings. The summed E-state index contributed by atoms with van der Waals surface area (Å²) in [5.74, 6) is 1.50. The van der Waals surface area contributed by atoms with Crippen LogP contribution in [0, 0.1) is 11.8 Å². The van der Waals surface area contributed by atoms with E-state index in [1.165, 1.54) is 6.42 Å². The largest absolute Gasteiger partial charge is 0.395 e. The highest BCUT2D eigenvalue weighted by Gasteiger charge is 2.14. The third-order valence-electron chi connectivity index (χ3n) is 2.62. The molecule has 4 heteroatoms. The van der Waals surface area contributed by atoms with Gasteiger partial charge in [-0.25, -0.2) is 0 Å². The number of carbonyl (C=O) groups excluding carboxylic acids is 1. The molecule has 0 aromatic rings. The molecule has 0 heterocycles. The van der Waals surface area contributed by atoms with E-state index >= 15 is 0 Å². The van der Waals surface area contributed by atoms with Gasteiger partial charge < -0.3 is 20.3 Å². The summed E-state index contributed by atoms with van der Waals surface area (Å²) >= 11 is 0. The van der Waals surface area contributed by atoms with Crippen molar-refractivity contribution in [1.82, 2.24) is 5.32 Å². The number of nitrogens with one attached hydrogen (secondary N) is 1. The van der Waals surface area contributed by atoms with Crippen LogP contribution in [0.5, 0.6) is 0 Å². The van der Waals surface area contributed by atoms with E-state index in [1.807, 2.05) is 6.08 Å². The van der Waals surface area contributed by atoms with Gasteiger partial charge in [-0.05, 0) is 25.3 Å². The Morgan fingerprint density at radius 1 is 1.33 bits per heavy atom. The minimum Gasteiger partial charge on any atom is -0.395 e. The Morgan fingerprint density at radius 2 is 1.89 bits per heavy atom. The lowest BCUT2D eigenvalue weighted by molar-refractivity contribution is -0.110. The highest BCUT2D eigenvalue weighted by atomic mass is 16.3. The van der Waals surface area contributed by atoms with Gasteiger partial charge in [0.25, 0.3) is 0 Å². The molecule has 0 saturated heterocycles. The average Bonchev–Trinajstić information content (AvgIpc) is 2.31. The number of rotatable bonds is 8. The topological polar surface area (TPSA) is 69.6 Å². The fourth-order valence-electron chi connectivity index (χ4n) is 1.51. The molecule has 0 amide bonds. The van der Waals surface area contributed by atoms with E-state index in [2.05, 4.69) is 32.7 Å². The lowest BCUT2D eigenvalue weighted by atomic mass is 9.99. The summed E-state index contributed by atoms with van der Waals surface area (Å²) < 4.78 is 0. The second-order valence-corrected chi connectivity index (χ2v) is 4.89. The minimum absolute atomic E-state index is 0.0616. The lowest BCUT2D eigenvalue weighted by Crippen LogP contribution is -2.40. The van der Waals surface area contributed by atoms with Gasteiger partial charge in [0.05, 0.1) is 18.8 Å². The zero-order valence-electron chi connectivity index (χ0n) is 12.1. The Morgan fingerprint density at radius 3 is 2.11 bits per heavy atom. The lowest BCUT2D eigenvalue weighted by Gasteiger charge is -2.17. The van der Waals surface area contributed by atoms with Crippen molar-refractivity contribution in [1.29, 1.82) is 0 Å². The van der Waals surface area contributed by atoms with Crippen LogP contribution < -0.4 is 5.32 Å². The summed E-state index contributed by atoms with van der Waals surface area (Å²) in [6.07, 6.45) is 3.19. The van der Waals surface area contributed by atoms with E-state index in [0.29, 0.717) is 12.2 Å². The number of aliphatic hydroxyl groups is 2. The smallest absolute Gasteiger partial charge is 0.122 e. The standard InChI is InChI=1S/C8H16.C6H13NO3/c1-5-8(4)6-7(2)3;1-7-5(4-9)6(10)2-3-8/h5,7-8H,1,6H2,2-4H3;3,5-7,9-10H,2,4H2,1H3.